The van der Waals surface area contributed by atoms with Crippen LogP contribution in [0, 0.1) is 0 Å². The van der Waals surface area contributed by atoms with Crippen molar-refractivity contribution < 1.29 is 9.47 Å². The van der Waals surface area contributed by atoms with Gasteiger partial charge in [-0.1, -0.05) is 97.1 Å². The Hall–Kier alpha value is -3.60. The van der Waals surface area contributed by atoms with Crippen LogP contribution < -0.4 is 14.8 Å². The lowest BCUT2D eigenvalue weighted by Crippen LogP contribution is -2.42. The van der Waals surface area contributed by atoms with Crippen molar-refractivity contribution in [1.82, 2.24) is 10.2 Å². The van der Waals surface area contributed by atoms with E-state index in [1.807, 2.05) is 36.4 Å². The van der Waals surface area contributed by atoms with E-state index in [9.17, 15) is 0 Å². The number of ether oxygens (including phenoxy) is 2. The Morgan fingerprint density at radius 3 is 1.76 bits per heavy atom. The zero-order valence-electron chi connectivity index (χ0n) is 22.1. The number of nitrogens with one attached hydrogen (secondary N) is 1. The summed E-state index contributed by atoms with van der Waals surface area (Å²) in [5.74, 6) is 1.59. The summed E-state index contributed by atoms with van der Waals surface area (Å²) < 4.78 is 12.4. The Morgan fingerprint density at radius 2 is 1.16 bits per heavy atom. The third kappa shape index (κ3) is 7.95. The first-order valence-corrected chi connectivity index (χ1v) is 13.8. The van der Waals surface area contributed by atoms with Crippen LogP contribution in [0.4, 0.5) is 0 Å². The third-order valence-corrected chi connectivity index (χ3v) is 7.17. The van der Waals surface area contributed by atoms with Crippen molar-refractivity contribution >= 4 is 0 Å². The van der Waals surface area contributed by atoms with Crippen LogP contribution in [0.1, 0.15) is 35.1 Å². The number of nitrogens with zero attached hydrogens (tertiary/aromatic N) is 1. The van der Waals surface area contributed by atoms with Crippen molar-refractivity contribution in [3.63, 3.8) is 0 Å². The molecule has 1 aliphatic rings. The molecule has 0 saturated carbocycles. The van der Waals surface area contributed by atoms with E-state index < -0.39 is 0 Å². The highest BCUT2D eigenvalue weighted by molar-refractivity contribution is 5.43. The largest absolute Gasteiger partial charge is 0.485 e. The molecule has 1 fully saturated rings. The molecule has 1 aliphatic heterocycles. The fourth-order valence-electron chi connectivity index (χ4n) is 4.97. The van der Waals surface area contributed by atoms with Crippen LogP contribution in [0.3, 0.4) is 0 Å². The van der Waals surface area contributed by atoms with Gasteiger partial charge in [0.05, 0.1) is 0 Å². The minimum atomic E-state index is 0.520. The Morgan fingerprint density at radius 1 is 0.605 bits per heavy atom. The summed E-state index contributed by atoms with van der Waals surface area (Å²) in [6.45, 7) is 5.36. The number of rotatable bonds is 12. The monoisotopic (exact) mass is 506 g/mol. The third-order valence-electron chi connectivity index (χ3n) is 7.17. The summed E-state index contributed by atoms with van der Waals surface area (Å²) in [5, 5.41) is 3.79. The van der Waals surface area contributed by atoms with Crippen LogP contribution >= 0.6 is 0 Å². The van der Waals surface area contributed by atoms with Crippen molar-refractivity contribution in [1.29, 1.82) is 0 Å². The standard InChI is InChI=1S/C34H38N2O2/c1-4-10-29(11-5-1)25-36-22-19-32(20-23-36)35-21-18-28-16-17-33(37-26-30-12-6-2-7-13-30)34(24-28)38-27-31-14-8-3-9-15-31/h1-17,24,32,35H,18-23,25-27H2. The van der Waals surface area contributed by atoms with E-state index in [4.69, 9.17) is 9.47 Å². The molecule has 0 spiro atoms. The van der Waals surface area contributed by atoms with Crippen LogP contribution in [0.25, 0.3) is 0 Å². The molecule has 196 valence electrons. The number of hydrogen-bond donors (Lipinski definition) is 1. The van der Waals surface area contributed by atoms with Crippen molar-refractivity contribution in [2.45, 2.75) is 45.1 Å². The van der Waals surface area contributed by atoms with E-state index in [2.05, 4.69) is 83.0 Å². The molecule has 0 aromatic heterocycles. The van der Waals surface area contributed by atoms with Gasteiger partial charge in [0.2, 0.25) is 0 Å². The molecular weight excluding hydrogens is 468 g/mol. The van der Waals surface area contributed by atoms with Gasteiger partial charge in [-0.3, -0.25) is 4.90 Å². The highest BCUT2D eigenvalue weighted by Crippen LogP contribution is 2.30. The van der Waals surface area contributed by atoms with Crippen LogP contribution in [0.15, 0.2) is 109 Å². The molecule has 0 bridgehead atoms. The van der Waals surface area contributed by atoms with Gasteiger partial charge in [0.15, 0.2) is 11.5 Å². The van der Waals surface area contributed by atoms with Gasteiger partial charge in [-0.15, -0.1) is 0 Å². The van der Waals surface area contributed by atoms with Gasteiger partial charge < -0.3 is 14.8 Å². The topological polar surface area (TPSA) is 33.7 Å². The second-order valence-corrected chi connectivity index (χ2v) is 10.1. The SMILES string of the molecule is c1ccc(COc2ccc(CCNC3CCN(Cc4ccccc4)CC3)cc2OCc2ccccc2)cc1. The maximum Gasteiger partial charge on any atom is 0.161 e. The first-order valence-electron chi connectivity index (χ1n) is 13.8. The average molecular weight is 507 g/mol. The van der Waals surface area contributed by atoms with Crippen molar-refractivity contribution in [2.75, 3.05) is 19.6 Å². The van der Waals surface area contributed by atoms with Crippen LogP contribution in [-0.2, 0) is 26.2 Å². The number of benzene rings is 4. The first-order chi connectivity index (χ1) is 18.8. The predicted octanol–water partition coefficient (Wildman–Crippen LogP) is 6.64. The molecule has 0 amide bonds. The van der Waals surface area contributed by atoms with Gasteiger partial charge in [0, 0.05) is 12.6 Å². The Balaban J connectivity index is 1.13. The lowest BCUT2D eigenvalue weighted by Gasteiger charge is -2.32. The molecule has 38 heavy (non-hydrogen) atoms. The van der Waals surface area contributed by atoms with Gasteiger partial charge in [-0.2, -0.15) is 0 Å². The van der Waals surface area contributed by atoms with Gasteiger partial charge >= 0.3 is 0 Å². The van der Waals surface area contributed by atoms with E-state index in [0.29, 0.717) is 19.3 Å². The number of likely N-dealkylation sites (tertiary alicyclic amines) is 1. The minimum Gasteiger partial charge on any atom is -0.485 e. The van der Waals surface area contributed by atoms with Crippen LogP contribution in [0.2, 0.25) is 0 Å². The summed E-state index contributed by atoms with van der Waals surface area (Å²) >= 11 is 0. The number of piperidine rings is 1. The molecule has 4 aromatic rings. The molecule has 1 heterocycles. The lowest BCUT2D eigenvalue weighted by molar-refractivity contribution is 0.191. The number of hydrogen-bond acceptors (Lipinski definition) is 4. The van der Waals surface area contributed by atoms with Crippen LogP contribution in [-0.4, -0.2) is 30.6 Å². The van der Waals surface area contributed by atoms with E-state index >= 15 is 0 Å². The fraction of sp³-hybridized carbons (Fsp3) is 0.294. The van der Waals surface area contributed by atoms with E-state index in [-0.39, 0.29) is 0 Å². The maximum absolute atomic E-state index is 6.26. The maximum atomic E-state index is 6.26. The Kier molecular flexibility index (Phi) is 9.45. The van der Waals surface area contributed by atoms with Gasteiger partial charge in [0.1, 0.15) is 13.2 Å². The van der Waals surface area contributed by atoms with Gasteiger partial charge in [-0.25, -0.2) is 0 Å². The quantitative estimate of drug-likeness (QED) is 0.234. The zero-order valence-corrected chi connectivity index (χ0v) is 22.1. The van der Waals surface area contributed by atoms with Gasteiger partial charge in [0.25, 0.3) is 0 Å². The molecule has 4 nitrogen and oxygen atoms in total. The summed E-state index contributed by atoms with van der Waals surface area (Å²) in [7, 11) is 0. The summed E-state index contributed by atoms with van der Waals surface area (Å²) in [6.07, 6.45) is 3.36. The molecule has 0 atom stereocenters. The zero-order chi connectivity index (χ0) is 25.8. The lowest BCUT2D eigenvalue weighted by atomic mass is 10.0. The van der Waals surface area contributed by atoms with Crippen molar-refractivity contribution in [2.24, 2.45) is 0 Å². The summed E-state index contributed by atoms with van der Waals surface area (Å²) in [6, 6.07) is 38.3. The molecule has 5 rings (SSSR count). The molecular formula is C34H38N2O2. The normalized spacial score (nSPS) is 14.3. The van der Waals surface area contributed by atoms with Crippen molar-refractivity contribution in [3.05, 3.63) is 131 Å². The Bertz CT molecular complexity index is 1220. The molecule has 1 N–H and O–H groups in total. The molecule has 4 aromatic carbocycles. The van der Waals surface area contributed by atoms with Crippen molar-refractivity contribution in [3.8, 4) is 11.5 Å². The van der Waals surface area contributed by atoms with E-state index in [0.717, 1.165) is 55.2 Å². The Labute approximate surface area is 227 Å². The smallest absolute Gasteiger partial charge is 0.161 e. The first kappa shape index (κ1) is 26.0. The van der Waals surface area contributed by atoms with E-state index in [1.165, 1.54) is 24.0 Å². The van der Waals surface area contributed by atoms with E-state index in [1.54, 1.807) is 0 Å². The highest BCUT2D eigenvalue weighted by atomic mass is 16.5. The molecule has 4 heteroatoms. The fourth-order valence-corrected chi connectivity index (χ4v) is 4.97. The molecule has 0 unspecified atom stereocenters. The molecule has 0 radical (unpaired) electrons. The summed E-state index contributed by atoms with van der Waals surface area (Å²) in [4.78, 5) is 2.57. The second-order valence-electron chi connectivity index (χ2n) is 10.1. The molecule has 0 aliphatic carbocycles. The van der Waals surface area contributed by atoms with Gasteiger partial charge in [-0.05, 0) is 73.3 Å². The minimum absolute atomic E-state index is 0.520. The summed E-state index contributed by atoms with van der Waals surface area (Å²) in [5.41, 5.74) is 4.95. The highest BCUT2D eigenvalue weighted by Gasteiger charge is 2.18. The predicted molar refractivity (Wildman–Crippen MR) is 154 cm³/mol. The molecule has 1 saturated heterocycles. The van der Waals surface area contributed by atoms with Crippen LogP contribution in [0.5, 0.6) is 11.5 Å². The second kappa shape index (κ2) is 13.8. The average Bonchev–Trinajstić information content (AvgIpc) is 2.98.